The Hall–Kier alpha value is -2.03. The first kappa shape index (κ1) is 18.3. The van der Waals surface area contributed by atoms with Crippen molar-refractivity contribution in [1.82, 2.24) is 15.1 Å². The number of ether oxygens (including phenoxy) is 1. The molecule has 0 spiro atoms. The lowest BCUT2D eigenvalue weighted by Crippen LogP contribution is -2.49. The quantitative estimate of drug-likeness (QED) is 0.763. The van der Waals surface area contributed by atoms with E-state index >= 15 is 0 Å². The summed E-state index contributed by atoms with van der Waals surface area (Å²) in [6, 6.07) is 3.04. The van der Waals surface area contributed by atoms with E-state index in [1.54, 1.807) is 11.9 Å². The molecule has 0 aliphatic carbocycles. The van der Waals surface area contributed by atoms with E-state index in [0.29, 0.717) is 26.1 Å². The van der Waals surface area contributed by atoms with Gasteiger partial charge in [-0.3, -0.25) is 4.90 Å². The molecule has 0 bridgehead atoms. The van der Waals surface area contributed by atoms with Gasteiger partial charge in [0.25, 0.3) is 0 Å². The lowest BCUT2D eigenvalue weighted by molar-refractivity contribution is -0.0468. The first-order valence-electron chi connectivity index (χ1n) is 9.19. The predicted molar refractivity (Wildman–Crippen MR) is 96.1 cm³/mol. The third-order valence-corrected chi connectivity index (χ3v) is 5.73. The van der Waals surface area contributed by atoms with E-state index in [2.05, 4.69) is 10.2 Å². The van der Waals surface area contributed by atoms with Crippen molar-refractivity contribution in [2.24, 2.45) is 5.73 Å². The molecule has 1 fully saturated rings. The molecule has 0 saturated carbocycles. The minimum atomic E-state index is -0.636. The average molecular weight is 378 g/mol. The highest BCUT2D eigenvalue weighted by Crippen LogP contribution is 2.34. The molecule has 0 aromatic heterocycles. The minimum absolute atomic E-state index is 0.0565. The second-order valence-corrected chi connectivity index (χ2v) is 7.50. The third-order valence-electron chi connectivity index (χ3n) is 5.73. The number of carbonyl (C=O) groups is 1. The van der Waals surface area contributed by atoms with Gasteiger partial charge in [-0.05, 0) is 35.8 Å². The molecule has 1 aromatic carbocycles. The van der Waals surface area contributed by atoms with Gasteiger partial charge in [0.1, 0.15) is 17.7 Å². The van der Waals surface area contributed by atoms with Crippen LogP contribution in [-0.4, -0.2) is 67.7 Å². The predicted octanol–water partition coefficient (Wildman–Crippen LogP) is 1.39. The molecule has 1 saturated heterocycles. The Morgan fingerprint density at radius 2 is 1.93 bits per heavy atom. The van der Waals surface area contributed by atoms with Crippen LogP contribution in [0.1, 0.15) is 18.1 Å². The maximum absolute atomic E-state index is 14.1. The first-order valence-corrected chi connectivity index (χ1v) is 9.19. The molecular weight excluding hydrogens is 354 g/mol. The van der Waals surface area contributed by atoms with Gasteiger partial charge in [0.2, 0.25) is 0 Å². The SMILES string of the molecule is CNC(=O)N1CC2=C(C1)CN(C1COC(c3cc(F)ccc3F)C(N)C1)C2. The largest absolute Gasteiger partial charge is 0.370 e. The summed E-state index contributed by atoms with van der Waals surface area (Å²) < 4.78 is 33.4. The van der Waals surface area contributed by atoms with Crippen LogP contribution in [-0.2, 0) is 4.74 Å². The number of hydrogen-bond acceptors (Lipinski definition) is 4. The van der Waals surface area contributed by atoms with Gasteiger partial charge in [-0.15, -0.1) is 0 Å². The molecule has 3 atom stereocenters. The fourth-order valence-corrected chi connectivity index (χ4v) is 4.32. The van der Waals surface area contributed by atoms with Crippen molar-refractivity contribution in [2.75, 3.05) is 39.8 Å². The number of hydrogen-bond donors (Lipinski definition) is 2. The zero-order valence-electron chi connectivity index (χ0n) is 15.3. The van der Waals surface area contributed by atoms with Crippen molar-refractivity contribution < 1.29 is 18.3 Å². The summed E-state index contributed by atoms with van der Waals surface area (Å²) in [5.74, 6) is -0.989. The number of nitrogens with one attached hydrogen (secondary N) is 1. The van der Waals surface area contributed by atoms with E-state index in [0.717, 1.165) is 25.2 Å². The van der Waals surface area contributed by atoms with Gasteiger partial charge in [0, 0.05) is 50.9 Å². The maximum Gasteiger partial charge on any atom is 0.317 e. The van der Waals surface area contributed by atoms with Crippen LogP contribution in [0.25, 0.3) is 0 Å². The fraction of sp³-hybridized carbons (Fsp3) is 0.526. The second kappa shape index (κ2) is 7.18. The van der Waals surface area contributed by atoms with Crippen LogP contribution in [0, 0.1) is 11.6 Å². The van der Waals surface area contributed by atoms with Gasteiger partial charge in [0.05, 0.1) is 6.61 Å². The number of carbonyl (C=O) groups excluding carboxylic acids is 1. The Morgan fingerprint density at radius 1 is 1.22 bits per heavy atom. The van der Waals surface area contributed by atoms with Crippen LogP contribution in [0.3, 0.4) is 0 Å². The van der Waals surface area contributed by atoms with Crippen molar-refractivity contribution in [2.45, 2.75) is 24.6 Å². The van der Waals surface area contributed by atoms with Crippen molar-refractivity contribution in [3.63, 3.8) is 0 Å². The van der Waals surface area contributed by atoms with E-state index in [4.69, 9.17) is 10.5 Å². The Morgan fingerprint density at radius 3 is 2.56 bits per heavy atom. The van der Waals surface area contributed by atoms with Crippen molar-refractivity contribution in [1.29, 1.82) is 0 Å². The van der Waals surface area contributed by atoms with Crippen molar-refractivity contribution in [3.8, 4) is 0 Å². The van der Waals surface area contributed by atoms with Crippen LogP contribution in [0.15, 0.2) is 29.3 Å². The van der Waals surface area contributed by atoms with E-state index in [1.165, 1.54) is 17.2 Å². The Kier molecular flexibility index (Phi) is 4.88. The summed E-state index contributed by atoms with van der Waals surface area (Å²) in [7, 11) is 1.64. The lowest BCUT2D eigenvalue weighted by Gasteiger charge is -2.39. The molecule has 8 heteroatoms. The van der Waals surface area contributed by atoms with Gasteiger partial charge >= 0.3 is 6.03 Å². The highest BCUT2D eigenvalue weighted by Gasteiger charge is 2.39. The molecule has 6 nitrogen and oxygen atoms in total. The summed E-state index contributed by atoms with van der Waals surface area (Å²) in [5, 5.41) is 2.66. The number of nitrogens with zero attached hydrogens (tertiary/aromatic N) is 2. The molecule has 3 aliphatic rings. The summed E-state index contributed by atoms with van der Waals surface area (Å²) >= 11 is 0. The second-order valence-electron chi connectivity index (χ2n) is 7.50. The molecule has 2 amide bonds. The van der Waals surface area contributed by atoms with Crippen LogP contribution >= 0.6 is 0 Å². The molecule has 3 N–H and O–H groups in total. The van der Waals surface area contributed by atoms with Crippen LogP contribution < -0.4 is 11.1 Å². The molecule has 3 unspecified atom stereocenters. The number of nitrogens with two attached hydrogens (primary N) is 1. The lowest BCUT2D eigenvalue weighted by atomic mass is 9.93. The molecule has 146 valence electrons. The standard InChI is InChI=1S/C19H24F2N4O2/c1-23-19(26)25-8-11-6-24(7-12(11)9-25)14-5-17(22)18(27-10-14)15-4-13(20)2-3-16(15)21/h2-4,14,17-18H,5-10,22H2,1H3,(H,23,26). The highest BCUT2D eigenvalue weighted by atomic mass is 19.1. The molecule has 27 heavy (non-hydrogen) atoms. The van der Waals surface area contributed by atoms with Crippen LogP contribution in [0.4, 0.5) is 13.6 Å². The summed E-state index contributed by atoms with van der Waals surface area (Å²) in [5.41, 5.74) is 9.02. The number of urea groups is 1. The third kappa shape index (κ3) is 3.44. The van der Waals surface area contributed by atoms with Crippen molar-refractivity contribution in [3.05, 3.63) is 46.5 Å². The minimum Gasteiger partial charge on any atom is -0.370 e. The van der Waals surface area contributed by atoms with Gasteiger partial charge in [0.15, 0.2) is 0 Å². The maximum atomic E-state index is 14.1. The molecule has 4 rings (SSSR count). The average Bonchev–Trinajstić information content (AvgIpc) is 3.22. The summed E-state index contributed by atoms with van der Waals surface area (Å²) in [4.78, 5) is 15.9. The molecule has 3 aliphatic heterocycles. The number of benzene rings is 1. The Labute approximate surface area is 156 Å². The fourth-order valence-electron chi connectivity index (χ4n) is 4.32. The van der Waals surface area contributed by atoms with Crippen LogP contribution in [0.5, 0.6) is 0 Å². The topological polar surface area (TPSA) is 70.8 Å². The Balaban J connectivity index is 1.36. The molecule has 0 radical (unpaired) electrons. The van der Waals surface area contributed by atoms with Crippen molar-refractivity contribution >= 4 is 6.03 Å². The number of rotatable bonds is 2. The van der Waals surface area contributed by atoms with E-state index in [9.17, 15) is 13.6 Å². The van der Waals surface area contributed by atoms with Gasteiger partial charge < -0.3 is 20.7 Å². The summed E-state index contributed by atoms with van der Waals surface area (Å²) in [6.07, 6.45) is 0.0171. The normalized spacial score (nSPS) is 28.6. The first-order chi connectivity index (χ1) is 13.0. The highest BCUT2D eigenvalue weighted by molar-refractivity contribution is 5.75. The zero-order chi connectivity index (χ0) is 19.1. The van der Waals surface area contributed by atoms with Crippen LogP contribution in [0.2, 0.25) is 0 Å². The van der Waals surface area contributed by atoms with Gasteiger partial charge in [-0.25, -0.2) is 13.6 Å². The molecular formula is C19H24F2N4O2. The number of amides is 2. The molecule has 1 aromatic rings. The monoisotopic (exact) mass is 378 g/mol. The van der Waals surface area contributed by atoms with E-state index in [1.807, 2.05) is 0 Å². The number of halogens is 2. The Bertz CT molecular complexity index is 767. The smallest absolute Gasteiger partial charge is 0.317 e. The van der Waals surface area contributed by atoms with Gasteiger partial charge in [-0.1, -0.05) is 0 Å². The van der Waals surface area contributed by atoms with Gasteiger partial charge in [-0.2, -0.15) is 0 Å². The summed E-state index contributed by atoms with van der Waals surface area (Å²) in [6.45, 7) is 3.32. The molecule has 3 heterocycles. The van der Waals surface area contributed by atoms with E-state index < -0.39 is 23.8 Å². The zero-order valence-corrected chi connectivity index (χ0v) is 15.3. The van der Waals surface area contributed by atoms with E-state index in [-0.39, 0.29) is 17.6 Å².